The van der Waals surface area contributed by atoms with Crippen LogP contribution in [0.4, 0.5) is 4.79 Å². The molecule has 3 aromatic rings. The summed E-state index contributed by atoms with van der Waals surface area (Å²) < 4.78 is 0. The molecule has 27 heavy (non-hydrogen) atoms. The van der Waals surface area contributed by atoms with E-state index in [0.717, 1.165) is 24.2 Å². The van der Waals surface area contributed by atoms with Crippen molar-refractivity contribution in [2.75, 3.05) is 19.6 Å². The molecule has 0 saturated carbocycles. The van der Waals surface area contributed by atoms with E-state index >= 15 is 0 Å². The topological polar surface area (TPSA) is 78.9 Å². The SMILES string of the molecule is CCNC(=O)N[C@@]1(c2nccc(-c3ccc4ccccc4c3)n2)CCNC1. The van der Waals surface area contributed by atoms with Gasteiger partial charge in [0.25, 0.3) is 0 Å². The predicted molar refractivity (Wildman–Crippen MR) is 106 cm³/mol. The van der Waals surface area contributed by atoms with E-state index in [1.807, 2.05) is 25.1 Å². The summed E-state index contributed by atoms with van der Waals surface area (Å²) in [5, 5.41) is 11.6. The van der Waals surface area contributed by atoms with Gasteiger partial charge in [-0.2, -0.15) is 0 Å². The van der Waals surface area contributed by atoms with Gasteiger partial charge in [-0.1, -0.05) is 36.4 Å². The molecule has 2 heterocycles. The number of rotatable bonds is 4. The number of hydrogen-bond donors (Lipinski definition) is 3. The Labute approximate surface area is 158 Å². The van der Waals surface area contributed by atoms with E-state index in [-0.39, 0.29) is 6.03 Å². The molecular formula is C21H23N5O. The summed E-state index contributed by atoms with van der Waals surface area (Å²) in [7, 11) is 0. The Kier molecular flexibility index (Phi) is 4.73. The molecule has 6 nitrogen and oxygen atoms in total. The normalized spacial score (nSPS) is 19.1. The van der Waals surface area contributed by atoms with Gasteiger partial charge in [-0.3, -0.25) is 0 Å². The zero-order valence-corrected chi connectivity index (χ0v) is 15.3. The standard InChI is InChI=1S/C21H23N5O/c1-2-23-20(27)26-21(10-12-22-14-21)19-24-11-9-18(25-19)17-8-7-15-5-3-4-6-16(15)13-17/h3-9,11,13,22H,2,10,12,14H2,1H3,(H2,23,26,27)/t21-/m0/s1. The minimum atomic E-state index is -0.591. The van der Waals surface area contributed by atoms with Crippen LogP contribution < -0.4 is 16.0 Å². The van der Waals surface area contributed by atoms with Crippen molar-refractivity contribution in [3.05, 3.63) is 60.6 Å². The van der Waals surface area contributed by atoms with Crippen molar-refractivity contribution in [1.82, 2.24) is 25.9 Å². The largest absolute Gasteiger partial charge is 0.338 e. The summed E-state index contributed by atoms with van der Waals surface area (Å²) in [5.74, 6) is 0.643. The maximum absolute atomic E-state index is 12.2. The number of aromatic nitrogens is 2. The third-order valence-electron chi connectivity index (χ3n) is 4.97. The van der Waals surface area contributed by atoms with Crippen molar-refractivity contribution in [2.45, 2.75) is 18.9 Å². The number of fused-ring (bicyclic) bond motifs is 1. The van der Waals surface area contributed by atoms with Gasteiger partial charge >= 0.3 is 6.03 Å². The number of benzene rings is 2. The predicted octanol–water partition coefficient (Wildman–Crippen LogP) is 2.80. The van der Waals surface area contributed by atoms with Crippen LogP contribution in [0.15, 0.2) is 54.7 Å². The van der Waals surface area contributed by atoms with Crippen LogP contribution in [0, 0.1) is 0 Å². The lowest BCUT2D eigenvalue weighted by Gasteiger charge is -2.28. The lowest BCUT2D eigenvalue weighted by molar-refractivity contribution is 0.225. The Morgan fingerprint density at radius 1 is 1.19 bits per heavy atom. The fraction of sp³-hybridized carbons (Fsp3) is 0.286. The Hall–Kier alpha value is -2.99. The van der Waals surface area contributed by atoms with Crippen molar-refractivity contribution < 1.29 is 4.79 Å². The second-order valence-corrected chi connectivity index (χ2v) is 6.82. The summed E-state index contributed by atoms with van der Waals surface area (Å²) in [6.07, 6.45) is 2.53. The van der Waals surface area contributed by atoms with E-state index in [2.05, 4.69) is 51.3 Å². The maximum Gasteiger partial charge on any atom is 0.315 e. The van der Waals surface area contributed by atoms with Crippen LogP contribution in [-0.4, -0.2) is 35.6 Å². The van der Waals surface area contributed by atoms with Gasteiger partial charge in [-0.25, -0.2) is 14.8 Å². The number of carbonyl (C=O) groups is 1. The van der Waals surface area contributed by atoms with Gasteiger partial charge in [0, 0.05) is 24.8 Å². The molecule has 0 spiro atoms. The van der Waals surface area contributed by atoms with E-state index < -0.39 is 5.54 Å². The number of hydrogen-bond acceptors (Lipinski definition) is 4. The zero-order valence-electron chi connectivity index (χ0n) is 15.3. The molecule has 1 aliphatic rings. The average molecular weight is 361 g/mol. The number of amides is 2. The summed E-state index contributed by atoms with van der Waals surface area (Å²) >= 11 is 0. The minimum Gasteiger partial charge on any atom is -0.338 e. The highest BCUT2D eigenvalue weighted by Crippen LogP contribution is 2.28. The molecule has 3 N–H and O–H groups in total. The van der Waals surface area contributed by atoms with E-state index in [4.69, 9.17) is 4.98 Å². The Morgan fingerprint density at radius 3 is 2.81 bits per heavy atom. The summed E-state index contributed by atoms with van der Waals surface area (Å²) in [4.78, 5) is 21.5. The van der Waals surface area contributed by atoms with Crippen LogP contribution >= 0.6 is 0 Å². The third-order valence-corrected chi connectivity index (χ3v) is 4.97. The molecule has 2 aromatic carbocycles. The molecule has 1 aromatic heterocycles. The summed E-state index contributed by atoms with van der Waals surface area (Å²) in [6, 6.07) is 16.3. The van der Waals surface area contributed by atoms with Gasteiger partial charge in [0.05, 0.1) is 5.69 Å². The molecule has 0 aliphatic carbocycles. The van der Waals surface area contributed by atoms with E-state index in [0.29, 0.717) is 18.9 Å². The molecule has 6 heteroatoms. The molecule has 2 amide bonds. The molecule has 1 saturated heterocycles. The quantitative estimate of drug-likeness (QED) is 0.668. The first-order valence-electron chi connectivity index (χ1n) is 9.30. The van der Waals surface area contributed by atoms with Crippen LogP contribution in [0.25, 0.3) is 22.0 Å². The fourth-order valence-electron chi connectivity index (χ4n) is 3.57. The highest BCUT2D eigenvalue weighted by Gasteiger charge is 2.40. The van der Waals surface area contributed by atoms with Gasteiger partial charge in [0.2, 0.25) is 0 Å². The van der Waals surface area contributed by atoms with Crippen LogP contribution in [0.1, 0.15) is 19.2 Å². The van der Waals surface area contributed by atoms with Crippen LogP contribution in [0.2, 0.25) is 0 Å². The van der Waals surface area contributed by atoms with Gasteiger partial charge in [-0.15, -0.1) is 0 Å². The van der Waals surface area contributed by atoms with Crippen LogP contribution in [-0.2, 0) is 5.54 Å². The molecule has 0 bridgehead atoms. The van der Waals surface area contributed by atoms with Gasteiger partial charge in [-0.05, 0) is 42.8 Å². The summed E-state index contributed by atoms with van der Waals surface area (Å²) in [6.45, 7) is 3.91. The van der Waals surface area contributed by atoms with Crippen LogP contribution in [0.5, 0.6) is 0 Å². The van der Waals surface area contributed by atoms with E-state index in [1.165, 1.54) is 10.8 Å². The second-order valence-electron chi connectivity index (χ2n) is 6.82. The third kappa shape index (κ3) is 3.48. The number of nitrogens with one attached hydrogen (secondary N) is 3. The van der Waals surface area contributed by atoms with Crippen molar-refractivity contribution in [2.24, 2.45) is 0 Å². The van der Waals surface area contributed by atoms with Gasteiger partial charge in [0.1, 0.15) is 5.54 Å². The Bertz CT molecular complexity index is 965. The lowest BCUT2D eigenvalue weighted by atomic mass is 9.97. The molecule has 1 fully saturated rings. The Morgan fingerprint density at radius 2 is 2.04 bits per heavy atom. The smallest absolute Gasteiger partial charge is 0.315 e. The molecule has 1 aliphatic heterocycles. The zero-order chi connectivity index (χ0) is 18.7. The first kappa shape index (κ1) is 17.4. The molecule has 0 radical (unpaired) electrons. The average Bonchev–Trinajstić information content (AvgIpc) is 3.17. The number of carbonyl (C=O) groups excluding carboxylic acids is 1. The van der Waals surface area contributed by atoms with E-state index in [9.17, 15) is 4.79 Å². The molecule has 138 valence electrons. The van der Waals surface area contributed by atoms with Gasteiger partial charge in [0.15, 0.2) is 5.82 Å². The summed E-state index contributed by atoms with van der Waals surface area (Å²) in [5.41, 5.74) is 1.30. The molecule has 0 unspecified atom stereocenters. The van der Waals surface area contributed by atoms with Crippen molar-refractivity contribution in [3.63, 3.8) is 0 Å². The first-order valence-corrected chi connectivity index (χ1v) is 9.30. The fourth-order valence-corrected chi connectivity index (χ4v) is 3.57. The molecule has 4 rings (SSSR count). The highest BCUT2D eigenvalue weighted by molar-refractivity contribution is 5.86. The highest BCUT2D eigenvalue weighted by atomic mass is 16.2. The number of nitrogens with zero attached hydrogens (tertiary/aromatic N) is 2. The molecular weight excluding hydrogens is 338 g/mol. The van der Waals surface area contributed by atoms with Crippen molar-refractivity contribution >= 4 is 16.8 Å². The van der Waals surface area contributed by atoms with Crippen molar-refractivity contribution in [3.8, 4) is 11.3 Å². The maximum atomic E-state index is 12.2. The van der Waals surface area contributed by atoms with Crippen LogP contribution in [0.3, 0.4) is 0 Å². The van der Waals surface area contributed by atoms with E-state index in [1.54, 1.807) is 6.20 Å². The first-order chi connectivity index (χ1) is 13.2. The Balaban J connectivity index is 1.70. The lowest BCUT2D eigenvalue weighted by Crippen LogP contribution is -2.52. The van der Waals surface area contributed by atoms with Gasteiger partial charge < -0.3 is 16.0 Å². The monoisotopic (exact) mass is 361 g/mol. The number of urea groups is 1. The second kappa shape index (κ2) is 7.32. The minimum absolute atomic E-state index is 0.194. The molecule has 1 atom stereocenters. The van der Waals surface area contributed by atoms with Crippen molar-refractivity contribution in [1.29, 1.82) is 0 Å².